The molecule has 1 aromatic rings. The molecular weight excluding hydrogens is 314 g/mol. The van der Waals surface area contributed by atoms with Crippen LogP contribution in [0, 0.1) is 5.92 Å². The highest BCUT2D eigenvalue weighted by Gasteiger charge is 2.22. The summed E-state index contributed by atoms with van der Waals surface area (Å²) in [6.07, 6.45) is 11.4. The second-order valence-corrected chi connectivity index (χ2v) is 6.95. The van der Waals surface area contributed by atoms with Crippen molar-refractivity contribution in [1.29, 1.82) is 0 Å². The molecule has 1 aromatic heterocycles. The van der Waals surface area contributed by atoms with Gasteiger partial charge in [0.15, 0.2) is 0 Å². The van der Waals surface area contributed by atoms with Crippen molar-refractivity contribution >= 4 is 15.9 Å². The highest BCUT2D eigenvalue weighted by Crippen LogP contribution is 2.28. The Bertz CT molecular complexity index is 420. The molecule has 1 aliphatic rings. The lowest BCUT2D eigenvalue weighted by molar-refractivity contribution is 0.319. The average Bonchev–Trinajstić information content (AvgIpc) is 2.65. The number of nitrogens with two attached hydrogens (primary N) is 1. The lowest BCUT2D eigenvalue weighted by Gasteiger charge is -2.26. The minimum atomic E-state index is 0.268. The third-order valence-corrected chi connectivity index (χ3v) is 5.60. The van der Waals surface area contributed by atoms with Crippen molar-refractivity contribution in [2.24, 2.45) is 18.7 Å². The summed E-state index contributed by atoms with van der Waals surface area (Å²) in [5.41, 5.74) is 8.93. The van der Waals surface area contributed by atoms with Crippen LogP contribution in [-0.2, 0) is 19.9 Å². The van der Waals surface area contributed by atoms with E-state index in [1.165, 1.54) is 55.1 Å². The number of halogens is 1. The molecule has 0 bridgehead atoms. The molecule has 4 heteroatoms. The zero-order valence-electron chi connectivity index (χ0n) is 12.9. The summed E-state index contributed by atoms with van der Waals surface area (Å²) in [4.78, 5) is 0. The summed E-state index contributed by atoms with van der Waals surface area (Å²) in [5.74, 6) is 0.683. The molecule has 2 rings (SSSR count). The van der Waals surface area contributed by atoms with Crippen molar-refractivity contribution in [1.82, 2.24) is 9.78 Å². The van der Waals surface area contributed by atoms with Gasteiger partial charge in [0.25, 0.3) is 0 Å². The van der Waals surface area contributed by atoms with Crippen molar-refractivity contribution in [3.63, 3.8) is 0 Å². The van der Waals surface area contributed by atoms with Crippen LogP contribution in [-0.4, -0.2) is 15.8 Å². The molecule has 1 heterocycles. The maximum Gasteiger partial charge on any atom is 0.0766 e. The van der Waals surface area contributed by atoms with Gasteiger partial charge in [0.2, 0.25) is 0 Å². The topological polar surface area (TPSA) is 43.8 Å². The van der Waals surface area contributed by atoms with Crippen LogP contribution >= 0.6 is 15.9 Å². The number of nitrogens with zero attached hydrogens (tertiary/aromatic N) is 2. The van der Waals surface area contributed by atoms with Gasteiger partial charge in [0.05, 0.1) is 15.9 Å². The maximum atomic E-state index is 6.53. The summed E-state index contributed by atoms with van der Waals surface area (Å²) in [6.45, 7) is 2.14. The van der Waals surface area contributed by atoms with Gasteiger partial charge in [-0.25, -0.2) is 0 Å². The number of aromatic nitrogens is 2. The molecule has 0 aliphatic heterocycles. The first-order chi connectivity index (χ1) is 9.63. The number of aryl methyl sites for hydroxylation is 2. The quantitative estimate of drug-likeness (QED) is 0.900. The predicted molar refractivity (Wildman–Crippen MR) is 87.8 cm³/mol. The van der Waals surface area contributed by atoms with E-state index < -0.39 is 0 Å². The molecule has 114 valence electrons. The van der Waals surface area contributed by atoms with Gasteiger partial charge >= 0.3 is 0 Å². The predicted octanol–water partition coefficient (Wildman–Crippen LogP) is 3.98. The molecule has 0 spiro atoms. The third-order valence-electron chi connectivity index (χ3n) is 4.69. The van der Waals surface area contributed by atoms with Gasteiger partial charge < -0.3 is 5.73 Å². The lowest BCUT2D eigenvalue weighted by atomic mass is 9.84. The van der Waals surface area contributed by atoms with Gasteiger partial charge in [-0.1, -0.05) is 39.0 Å². The molecule has 0 amide bonds. The zero-order valence-corrected chi connectivity index (χ0v) is 14.5. The van der Waals surface area contributed by atoms with Crippen LogP contribution in [0.25, 0.3) is 0 Å². The molecule has 1 atom stereocenters. The van der Waals surface area contributed by atoms with Crippen molar-refractivity contribution in [3.8, 4) is 0 Å². The largest absolute Gasteiger partial charge is 0.327 e. The molecule has 1 saturated carbocycles. The van der Waals surface area contributed by atoms with E-state index in [2.05, 4.69) is 28.0 Å². The van der Waals surface area contributed by atoms with Gasteiger partial charge in [0.1, 0.15) is 0 Å². The van der Waals surface area contributed by atoms with Crippen molar-refractivity contribution < 1.29 is 0 Å². The maximum absolute atomic E-state index is 6.53. The first-order valence-electron chi connectivity index (χ1n) is 8.09. The second-order valence-electron chi connectivity index (χ2n) is 6.16. The standard InChI is InChI=1S/C16H28BrN3/c1-3-14-16(17)15(20(2)19-14)11-13(18)12-9-7-5-4-6-8-10-12/h12-13H,3-11,18H2,1-2H3. The molecule has 3 nitrogen and oxygen atoms in total. The fourth-order valence-electron chi connectivity index (χ4n) is 3.35. The van der Waals surface area contributed by atoms with E-state index >= 15 is 0 Å². The molecule has 2 N–H and O–H groups in total. The van der Waals surface area contributed by atoms with Crippen LogP contribution in [0.2, 0.25) is 0 Å². The lowest BCUT2D eigenvalue weighted by Crippen LogP contribution is -2.33. The summed E-state index contributed by atoms with van der Waals surface area (Å²) < 4.78 is 3.18. The van der Waals surface area contributed by atoms with E-state index in [1.54, 1.807) is 0 Å². The number of hydrogen-bond donors (Lipinski definition) is 1. The summed E-state index contributed by atoms with van der Waals surface area (Å²) >= 11 is 3.70. The normalized spacial score (nSPS) is 19.6. The van der Waals surface area contributed by atoms with E-state index in [0.717, 1.165) is 18.5 Å². The minimum absolute atomic E-state index is 0.268. The van der Waals surface area contributed by atoms with Gasteiger partial charge in [-0.15, -0.1) is 0 Å². The molecule has 0 saturated heterocycles. The Balaban J connectivity index is 2.02. The molecule has 0 aromatic carbocycles. The monoisotopic (exact) mass is 341 g/mol. The smallest absolute Gasteiger partial charge is 0.0766 e. The number of rotatable bonds is 4. The van der Waals surface area contributed by atoms with E-state index in [4.69, 9.17) is 5.73 Å². The van der Waals surface area contributed by atoms with E-state index in [-0.39, 0.29) is 6.04 Å². The van der Waals surface area contributed by atoms with Crippen molar-refractivity contribution in [2.75, 3.05) is 0 Å². The third kappa shape index (κ3) is 3.85. The van der Waals surface area contributed by atoms with E-state index in [0.29, 0.717) is 5.92 Å². The Hall–Kier alpha value is -0.350. The average molecular weight is 342 g/mol. The van der Waals surface area contributed by atoms with Gasteiger partial charge in [0, 0.05) is 19.5 Å². The Kier molecular flexibility index (Phi) is 6.09. The van der Waals surface area contributed by atoms with Crippen LogP contribution in [0.5, 0.6) is 0 Å². The highest BCUT2D eigenvalue weighted by molar-refractivity contribution is 9.10. The molecule has 0 radical (unpaired) electrons. The van der Waals surface area contributed by atoms with Crippen molar-refractivity contribution in [3.05, 3.63) is 15.9 Å². The fourth-order valence-corrected chi connectivity index (χ4v) is 4.13. The molecular formula is C16H28BrN3. The van der Waals surface area contributed by atoms with Crippen LogP contribution in [0.4, 0.5) is 0 Å². The Morgan fingerprint density at radius 3 is 2.40 bits per heavy atom. The summed E-state index contributed by atoms with van der Waals surface area (Å²) in [7, 11) is 2.03. The van der Waals surface area contributed by atoms with Crippen LogP contribution in [0.3, 0.4) is 0 Å². The zero-order chi connectivity index (χ0) is 14.5. The van der Waals surface area contributed by atoms with E-state index in [1.807, 2.05) is 11.7 Å². The molecule has 1 fully saturated rings. The molecule has 1 unspecified atom stereocenters. The Labute approximate surface area is 131 Å². The Morgan fingerprint density at radius 2 is 1.85 bits per heavy atom. The van der Waals surface area contributed by atoms with Gasteiger partial charge in [-0.3, -0.25) is 4.68 Å². The minimum Gasteiger partial charge on any atom is -0.327 e. The first-order valence-corrected chi connectivity index (χ1v) is 8.88. The van der Waals surface area contributed by atoms with Crippen LogP contribution in [0.15, 0.2) is 4.47 Å². The van der Waals surface area contributed by atoms with E-state index in [9.17, 15) is 0 Å². The van der Waals surface area contributed by atoms with Crippen LogP contribution < -0.4 is 5.73 Å². The molecule has 20 heavy (non-hydrogen) atoms. The fraction of sp³-hybridized carbons (Fsp3) is 0.812. The van der Waals surface area contributed by atoms with Gasteiger partial charge in [-0.2, -0.15) is 5.10 Å². The van der Waals surface area contributed by atoms with Gasteiger partial charge in [-0.05, 0) is 41.1 Å². The SMILES string of the molecule is CCc1nn(C)c(CC(N)C2CCCCCCC2)c1Br. The highest BCUT2D eigenvalue weighted by atomic mass is 79.9. The molecule has 1 aliphatic carbocycles. The first kappa shape index (κ1) is 16.0. The summed E-state index contributed by atoms with van der Waals surface area (Å²) in [6, 6.07) is 0.268. The second kappa shape index (κ2) is 7.60. The van der Waals surface area contributed by atoms with Crippen LogP contribution in [0.1, 0.15) is 63.3 Å². The van der Waals surface area contributed by atoms with Crippen molar-refractivity contribution in [2.45, 2.75) is 70.8 Å². The summed E-state index contributed by atoms with van der Waals surface area (Å²) in [5, 5.41) is 4.57. The number of hydrogen-bond acceptors (Lipinski definition) is 2. The Morgan fingerprint density at radius 1 is 1.25 bits per heavy atom.